The van der Waals surface area contributed by atoms with E-state index in [9.17, 15) is 4.79 Å². The normalized spacial score (nSPS) is 20.4. The Hall–Kier alpha value is -1.26. The number of nitrogens with zero attached hydrogens (tertiary/aromatic N) is 1. The van der Waals surface area contributed by atoms with Crippen molar-refractivity contribution in [2.75, 3.05) is 33.3 Å². The lowest BCUT2D eigenvalue weighted by Crippen LogP contribution is -2.44. The summed E-state index contributed by atoms with van der Waals surface area (Å²) in [6, 6.07) is 5.43. The fraction of sp³-hybridized carbons (Fsp3) is 0.588. The lowest BCUT2D eigenvalue weighted by atomic mass is 9.78. The number of likely N-dealkylation sites (tertiary alicyclic amines) is 1. The van der Waals surface area contributed by atoms with Gasteiger partial charge >= 0.3 is 0 Å². The maximum atomic E-state index is 12.6. The summed E-state index contributed by atoms with van der Waals surface area (Å²) in [4.78, 5) is 14.6. The van der Waals surface area contributed by atoms with Crippen molar-refractivity contribution in [1.82, 2.24) is 10.2 Å². The number of carbonyl (C=O) groups excluding carboxylic acids is 1. The average Bonchev–Trinajstić information content (AvgIpc) is 2.96. The number of rotatable bonds is 3. The van der Waals surface area contributed by atoms with Gasteiger partial charge in [-0.15, -0.1) is 0 Å². The van der Waals surface area contributed by atoms with Gasteiger partial charge in [0.05, 0.1) is 13.5 Å². The summed E-state index contributed by atoms with van der Waals surface area (Å²) in [7, 11) is 1.62. The van der Waals surface area contributed by atoms with Crippen LogP contribution in [0.1, 0.15) is 24.8 Å². The standard InChI is InChI=1S/C17H23ClN2O2/c1-22-15-3-2-14(18)10-13(15)11-16(21)20-8-5-17(6-9-20)4-7-19-12-17/h2-3,10,19H,4-9,11-12H2,1H3. The first-order chi connectivity index (χ1) is 10.6. The van der Waals surface area contributed by atoms with E-state index < -0.39 is 0 Å². The van der Waals surface area contributed by atoms with Crippen LogP contribution in [-0.4, -0.2) is 44.1 Å². The Morgan fingerprint density at radius 2 is 2.14 bits per heavy atom. The number of ether oxygens (including phenoxy) is 1. The Bertz CT molecular complexity index is 546. The number of hydrogen-bond acceptors (Lipinski definition) is 3. The molecule has 0 atom stereocenters. The van der Waals surface area contributed by atoms with Crippen LogP contribution in [0.2, 0.25) is 5.02 Å². The van der Waals surface area contributed by atoms with Gasteiger partial charge in [0.2, 0.25) is 5.91 Å². The summed E-state index contributed by atoms with van der Waals surface area (Å²) < 4.78 is 5.33. The van der Waals surface area contributed by atoms with Gasteiger partial charge in [-0.05, 0) is 49.4 Å². The smallest absolute Gasteiger partial charge is 0.227 e. The fourth-order valence-electron chi connectivity index (χ4n) is 3.61. The molecule has 0 saturated carbocycles. The maximum absolute atomic E-state index is 12.6. The Morgan fingerprint density at radius 1 is 1.36 bits per heavy atom. The van der Waals surface area contributed by atoms with Crippen molar-refractivity contribution < 1.29 is 9.53 Å². The second-order valence-electron chi connectivity index (χ2n) is 6.44. The highest BCUT2D eigenvalue weighted by Crippen LogP contribution is 2.37. The van der Waals surface area contributed by atoms with Crippen LogP contribution < -0.4 is 10.1 Å². The molecule has 1 N–H and O–H groups in total. The largest absolute Gasteiger partial charge is 0.496 e. The van der Waals surface area contributed by atoms with Crippen LogP contribution in [0.3, 0.4) is 0 Å². The van der Waals surface area contributed by atoms with Crippen LogP contribution in [0.5, 0.6) is 5.75 Å². The van der Waals surface area contributed by atoms with Crippen molar-refractivity contribution in [2.45, 2.75) is 25.7 Å². The molecule has 22 heavy (non-hydrogen) atoms. The van der Waals surface area contributed by atoms with Crippen LogP contribution in [0.15, 0.2) is 18.2 Å². The highest BCUT2D eigenvalue weighted by Gasteiger charge is 2.37. The zero-order valence-electron chi connectivity index (χ0n) is 13.0. The minimum Gasteiger partial charge on any atom is -0.496 e. The first-order valence-electron chi connectivity index (χ1n) is 7.93. The van der Waals surface area contributed by atoms with Crippen molar-refractivity contribution in [2.24, 2.45) is 5.41 Å². The Labute approximate surface area is 136 Å². The summed E-state index contributed by atoms with van der Waals surface area (Å²) in [6.07, 6.45) is 3.82. The van der Waals surface area contributed by atoms with E-state index in [0.29, 0.717) is 16.9 Å². The first kappa shape index (κ1) is 15.6. The molecule has 0 radical (unpaired) electrons. The zero-order chi connectivity index (χ0) is 15.6. The van der Waals surface area contributed by atoms with E-state index in [-0.39, 0.29) is 5.91 Å². The molecule has 1 amide bonds. The third kappa shape index (κ3) is 3.23. The van der Waals surface area contributed by atoms with Crippen molar-refractivity contribution in [3.63, 3.8) is 0 Å². The summed E-state index contributed by atoms with van der Waals surface area (Å²) in [5.41, 5.74) is 1.30. The molecule has 5 heteroatoms. The minimum atomic E-state index is 0.168. The number of carbonyl (C=O) groups is 1. The first-order valence-corrected chi connectivity index (χ1v) is 8.31. The van der Waals surface area contributed by atoms with E-state index in [1.54, 1.807) is 13.2 Å². The van der Waals surface area contributed by atoms with Gasteiger partial charge in [-0.2, -0.15) is 0 Å². The van der Waals surface area contributed by atoms with Crippen molar-refractivity contribution in [3.05, 3.63) is 28.8 Å². The van der Waals surface area contributed by atoms with Gasteiger partial charge in [-0.25, -0.2) is 0 Å². The molecular weight excluding hydrogens is 300 g/mol. The molecule has 2 aliphatic rings. The van der Waals surface area contributed by atoms with Gasteiger partial charge in [0.25, 0.3) is 0 Å². The van der Waals surface area contributed by atoms with Gasteiger partial charge in [-0.3, -0.25) is 4.79 Å². The van der Waals surface area contributed by atoms with Gasteiger partial charge in [0.1, 0.15) is 5.75 Å². The van der Waals surface area contributed by atoms with Crippen molar-refractivity contribution in [1.29, 1.82) is 0 Å². The van der Waals surface area contributed by atoms with Crippen LogP contribution in [0.25, 0.3) is 0 Å². The zero-order valence-corrected chi connectivity index (χ0v) is 13.8. The number of methoxy groups -OCH3 is 1. The van der Waals surface area contributed by atoms with Gasteiger partial charge in [-0.1, -0.05) is 11.6 Å². The van der Waals surface area contributed by atoms with Crippen LogP contribution in [0, 0.1) is 5.41 Å². The molecule has 2 saturated heterocycles. The van der Waals surface area contributed by atoms with Crippen molar-refractivity contribution >= 4 is 17.5 Å². The molecule has 120 valence electrons. The minimum absolute atomic E-state index is 0.168. The van der Waals surface area contributed by atoms with Crippen LogP contribution in [0.4, 0.5) is 0 Å². The van der Waals surface area contributed by atoms with E-state index in [1.165, 1.54) is 6.42 Å². The number of nitrogens with one attached hydrogen (secondary N) is 1. The SMILES string of the molecule is COc1ccc(Cl)cc1CC(=O)N1CCC2(CCNC2)CC1. The third-order valence-corrected chi connectivity index (χ3v) is 5.33. The summed E-state index contributed by atoms with van der Waals surface area (Å²) >= 11 is 6.04. The van der Waals surface area contributed by atoms with E-state index in [1.807, 2.05) is 17.0 Å². The van der Waals surface area contributed by atoms with Crippen molar-refractivity contribution in [3.8, 4) is 5.75 Å². The molecule has 1 aromatic rings. The number of halogens is 1. The lowest BCUT2D eigenvalue weighted by Gasteiger charge is -2.39. The van der Waals surface area contributed by atoms with E-state index in [4.69, 9.17) is 16.3 Å². The number of benzene rings is 1. The monoisotopic (exact) mass is 322 g/mol. The number of piperidine rings is 1. The summed E-state index contributed by atoms with van der Waals surface area (Å²) in [5, 5.41) is 4.09. The average molecular weight is 323 g/mol. The molecule has 1 spiro atoms. The lowest BCUT2D eigenvalue weighted by molar-refractivity contribution is -0.132. The molecule has 3 rings (SSSR count). The molecule has 0 aliphatic carbocycles. The summed E-state index contributed by atoms with van der Waals surface area (Å²) in [6.45, 7) is 3.96. The Kier molecular flexibility index (Phi) is 4.59. The van der Waals surface area contributed by atoms with E-state index in [2.05, 4.69) is 5.32 Å². The maximum Gasteiger partial charge on any atom is 0.227 e. The quantitative estimate of drug-likeness (QED) is 0.929. The molecular formula is C17H23ClN2O2. The molecule has 0 unspecified atom stereocenters. The second kappa shape index (κ2) is 6.47. The van der Waals surface area contributed by atoms with E-state index in [0.717, 1.165) is 50.3 Å². The van der Waals surface area contributed by atoms with Gasteiger partial charge in [0.15, 0.2) is 0 Å². The second-order valence-corrected chi connectivity index (χ2v) is 6.88. The molecule has 4 nitrogen and oxygen atoms in total. The van der Waals surface area contributed by atoms with Crippen LogP contribution in [-0.2, 0) is 11.2 Å². The molecule has 2 fully saturated rings. The number of amides is 1. The molecule has 0 bridgehead atoms. The van der Waals surface area contributed by atoms with Gasteiger partial charge < -0.3 is 15.0 Å². The predicted molar refractivity (Wildman–Crippen MR) is 87.4 cm³/mol. The molecule has 0 aromatic heterocycles. The van der Waals surface area contributed by atoms with Gasteiger partial charge in [0, 0.05) is 30.2 Å². The topological polar surface area (TPSA) is 41.6 Å². The predicted octanol–water partition coefficient (Wildman–Crippen LogP) is 2.49. The fourth-order valence-corrected chi connectivity index (χ4v) is 3.81. The Balaban J connectivity index is 1.62. The summed E-state index contributed by atoms with van der Waals surface area (Å²) in [5.74, 6) is 0.896. The molecule has 1 aromatic carbocycles. The molecule has 2 aliphatic heterocycles. The number of hydrogen-bond donors (Lipinski definition) is 1. The van der Waals surface area contributed by atoms with Crippen LogP contribution >= 0.6 is 11.6 Å². The highest BCUT2D eigenvalue weighted by atomic mass is 35.5. The Morgan fingerprint density at radius 3 is 2.77 bits per heavy atom. The molecule has 2 heterocycles. The highest BCUT2D eigenvalue weighted by molar-refractivity contribution is 6.30. The third-order valence-electron chi connectivity index (χ3n) is 5.09. The van der Waals surface area contributed by atoms with E-state index >= 15 is 0 Å².